The summed E-state index contributed by atoms with van der Waals surface area (Å²) in [6, 6.07) is 5.67. The van der Waals surface area contributed by atoms with Crippen LogP contribution in [0.3, 0.4) is 0 Å². The fourth-order valence-electron chi connectivity index (χ4n) is 2.06. The van der Waals surface area contributed by atoms with Crippen molar-refractivity contribution in [1.29, 1.82) is 0 Å². The maximum atomic E-state index is 6.08. The molecule has 0 fully saturated rings. The molecule has 0 saturated heterocycles. The van der Waals surface area contributed by atoms with Gasteiger partial charge >= 0.3 is 0 Å². The molecular formula is C15H15ClN4S. The molecular weight excluding hydrogens is 304 g/mol. The van der Waals surface area contributed by atoms with Gasteiger partial charge in [-0.2, -0.15) is 0 Å². The first kappa shape index (κ1) is 14.2. The molecule has 6 heteroatoms. The maximum absolute atomic E-state index is 6.08. The molecule has 3 aromatic rings. The fourth-order valence-corrected chi connectivity index (χ4v) is 2.82. The lowest BCUT2D eigenvalue weighted by atomic mass is 10.2. The summed E-state index contributed by atoms with van der Waals surface area (Å²) in [5.74, 6) is 1.46. The van der Waals surface area contributed by atoms with Crippen molar-refractivity contribution in [3.05, 3.63) is 33.6 Å². The van der Waals surface area contributed by atoms with E-state index in [0.717, 1.165) is 40.4 Å². The van der Waals surface area contributed by atoms with Gasteiger partial charge in [0.25, 0.3) is 0 Å². The van der Waals surface area contributed by atoms with Crippen molar-refractivity contribution in [1.82, 2.24) is 15.0 Å². The van der Waals surface area contributed by atoms with E-state index in [1.807, 2.05) is 30.5 Å². The van der Waals surface area contributed by atoms with Gasteiger partial charge in [0, 0.05) is 22.3 Å². The topological polar surface area (TPSA) is 50.7 Å². The Morgan fingerprint density at radius 3 is 2.81 bits per heavy atom. The zero-order chi connectivity index (χ0) is 14.8. The van der Waals surface area contributed by atoms with Crippen LogP contribution in [0.15, 0.2) is 23.6 Å². The predicted octanol–water partition coefficient (Wildman–Crippen LogP) is 4.54. The van der Waals surface area contributed by atoms with Crippen molar-refractivity contribution < 1.29 is 0 Å². The first-order valence-corrected chi connectivity index (χ1v) is 8.07. The van der Waals surface area contributed by atoms with Crippen LogP contribution in [0, 0.1) is 6.92 Å². The van der Waals surface area contributed by atoms with Crippen molar-refractivity contribution in [2.24, 2.45) is 0 Å². The number of aromatic nitrogens is 3. The standard InChI is InChI=1S/C15H15ClN4S/c1-3-6-17-14-11-5-4-10(16)7-12(11)19-15(20-14)13-8-21-9(2)18-13/h4-5,7-8H,3,6H2,1-2H3,(H,17,19,20). The number of hydrogen-bond donors (Lipinski definition) is 1. The monoisotopic (exact) mass is 318 g/mol. The second-order valence-electron chi connectivity index (χ2n) is 4.74. The average Bonchev–Trinajstić information content (AvgIpc) is 2.90. The zero-order valence-corrected chi connectivity index (χ0v) is 13.4. The zero-order valence-electron chi connectivity index (χ0n) is 11.9. The maximum Gasteiger partial charge on any atom is 0.181 e. The Bertz CT molecular complexity index is 784. The van der Waals surface area contributed by atoms with Crippen LogP contribution in [0.4, 0.5) is 5.82 Å². The van der Waals surface area contributed by atoms with Gasteiger partial charge in [-0.25, -0.2) is 15.0 Å². The highest BCUT2D eigenvalue weighted by molar-refractivity contribution is 7.09. The second-order valence-corrected chi connectivity index (χ2v) is 6.23. The predicted molar refractivity (Wildman–Crippen MR) is 89.2 cm³/mol. The Morgan fingerprint density at radius 2 is 2.10 bits per heavy atom. The van der Waals surface area contributed by atoms with Crippen LogP contribution in [0.1, 0.15) is 18.4 Å². The van der Waals surface area contributed by atoms with Gasteiger partial charge in [0.15, 0.2) is 5.82 Å². The number of nitrogens with one attached hydrogen (secondary N) is 1. The van der Waals surface area contributed by atoms with Gasteiger partial charge < -0.3 is 5.32 Å². The molecule has 0 spiro atoms. The van der Waals surface area contributed by atoms with Crippen molar-refractivity contribution in [2.45, 2.75) is 20.3 Å². The minimum absolute atomic E-state index is 0.632. The highest BCUT2D eigenvalue weighted by atomic mass is 35.5. The molecule has 108 valence electrons. The highest BCUT2D eigenvalue weighted by Crippen LogP contribution is 2.27. The summed E-state index contributed by atoms with van der Waals surface area (Å²) in [5, 5.41) is 7.98. The van der Waals surface area contributed by atoms with E-state index in [-0.39, 0.29) is 0 Å². The molecule has 0 aliphatic rings. The molecule has 0 saturated carbocycles. The lowest BCUT2D eigenvalue weighted by Crippen LogP contribution is -2.04. The summed E-state index contributed by atoms with van der Waals surface area (Å²) in [6.07, 6.45) is 1.03. The fraction of sp³-hybridized carbons (Fsp3) is 0.267. The Morgan fingerprint density at radius 1 is 1.24 bits per heavy atom. The summed E-state index contributed by atoms with van der Waals surface area (Å²) in [7, 11) is 0. The van der Waals surface area contributed by atoms with Crippen molar-refractivity contribution in [3.63, 3.8) is 0 Å². The molecule has 0 bridgehead atoms. The van der Waals surface area contributed by atoms with Gasteiger partial charge in [0.1, 0.15) is 11.5 Å². The third-order valence-electron chi connectivity index (χ3n) is 3.05. The Hall–Kier alpha value is -1.72. The molecule has 1 aromatic carbocycles. The highest BCUT2D eigenvalue weighted by Gasteiger charge is 2.11. The molecule has 2 heterocycles. The molecule has 0 amide bonds. The van der Waals surface area contributed by atoms with E-state index in [4.69, 9.17) is 11.6 Å². The van der Waals surface area contributed by atoms with E-state index in [9.17, 15) is 0 Å². The number of nitrogens with zero attached hydrogens (tertiary/aromatic N) is 3. The minimum Gasteiger partial charge on any atom is -0.369 e. The number of halogens is 1. The summed E-state index contributed by atoms with van der Waals surface area (Å²) in [5.41, 5.74) is 1.63. The van der Waals surface area contributed by atoms with E-state index in [0.29, 0.717) is 10.8 Å². The first-order valence-electron chi connectivity index (χ1n) is 6.81. The molecule has 21 heavy (non-hydrogen) atoms. The SMILES string of the molecule is CCCNc1nc(-c2csc(C)n2)nc2cc(Cl)ccc12. The van der Waals surface area contributed by atoms with Crippen LogP contribution in [-0.2, 0) is 0 Å². The lowest BCUT2D eigenvalue weighted by Gasteiger charge is -2.09. The third-order valence-corrected chi connectivity index (χ3v) is 4.06. The first-order chi connectivity index (χ1) is 10.2. The molecule has 0 radical (unpaired) electrons. The van der Waals surface area contributed by atoms with Crippen molar-refractivity contribution >= 4 is 39.7 Å². The van der Waals surface area contributed by atoms with E-state index in [1.54, 1.807) is 11.3 Å². The molecule has 2 aromatic heterocycles. The van der Waals surface area contributed by atoms with Crippen LogP contribution >= 0.6 is 22.9 Å². The Labute approximate surface area is 132 Å². The van der Waals surface area contributed by atoms with Gasteiger partial charge in [-0.1, -0.05) is 18.5 Å². The van der Waals surface area contributed by atoms with Crippen LogP contribution in [-0.4, -0.2) is 21.5 Å². The largest absolute Gasteiger partial charge is 0.369 e. The molecule has 0 aliphatic carbocycles. The number of aryl methyl sites for hydroxylation is 1. The number of thiazole rings is 1. The van der Waals surface area contributed by atoms with Crippen LogP contribution in [0.25, 0.3) is 22.4 Å². The van der Waals surface area contributed by atoms with Gasteiger partial charge in [0.2, 0.25) is 0 Å². The molecule has 0 aliphatic heterocycles. The number of anilines is 1. The van der Waals surface area contributed by atoms with E-state index in [1.165, 1.54) is 0 Å². The summed E-state index contributed by atoms with van der Waals surface area (Å²) >= 11 is 7.68. The molecule has 0 unspecified atom stereocenters. The lowest BCUT2D eigenvalue weighted by molar-refractivity contribution is 0.970. The van der Waals surface area contributed by atoms with Gasteiger partial charge in [-0.05, 0) is 31.5 Å². The summed E-state index contributed by atoms with van der Waals surface area (Å²) in [6.45, 7) is 4.96. The van der Waals surface area contributed by atoms with Crippen LogP contribution in [0.2, 0.25) is 5.02 Å². The molecule has 0 atom stereocenters. The van der Waals surface area contributed by atoms with E-state index < -0.39 is 0 Å². The number of benzene rings is 1. The number of hydrogen-bond acceptors (Lipinski definition) is 5. The normalized spacial score (nSPS) is 11.0. The van der Waals surface area contributed by atoms with Crippen molar-refractivity contribution in [3.8, 4) is 11.5 Å². The quantitative estimate of drug-likeness (QED) is 0.767. The van der Waals surface area contributed by atoms with E-state index >= 15 is 0 Å². The Kier molecular flexibility index (Phi) is 4.03. The van der Waals surface area contributed by atoms with Crippen molar-refractivity contribution in [2.75, 3.05) is 11.9 Å². The van der Waals surface area contributed by atoms with Gasteiger partial charge in [0.05, 0.1) is 10.5 Å². The van der Waals surface area contributed by atoms with Gasteiger partial charge in [-0.15, -0.1) is 11.3 Å². The van der Waals surface area contributed by atoms with E-state index in [2.05, 4.69) is 27.2 Å². The van der Waals surface area contributed by atoms with Gasteiger partial charge in [-0.3, -0.25) is 0 Å². The molecule has 1 N–H and O–H groups in total. The Balaban J connectivity index is 2.17. The summed E-state index contributed by atoms with van der Waals surface area (Å²) in [4.78, 5) is 13.7. The minimum atomic E-state index is 0.632. The number of rotatable bonds is 4. The van der Waals surface area contributed by atoms with Crippen LogP contribution < -0.4 is 5.32 Å². The number of fused-ring (bicyclic) bond motifs is 1. The van der Waals surface area contributed by atoms with Crippen LogP contribution in [0.5, 0.6) is 0 Å². The molecule has 4 nitrogen and oxygen atoms in total. The smallest absolute Gasteiger partial charge is 0.181 e. The third kappa shape index (κ3) is 2.99. The second kappa shape index (κ2) is 5.95. The average molecular weight is 319 g/mol. The molecule has 3 rings (SSSR count). The summed E-state index contributed by atoms with van der Waals surface area (Å²) < 4.78 is 0.